The predicted molar refractivity (Wildman–Crippen MR) is 105 cm³/mol. The monoisotopic (exact) mass is 345 g/mol. The average Bonchev–Trinajstić information content (AvgIpc) is 3.26. The maximum atomic E-state index is 12.4. The van der Waals surface area contributed by atoms with Gasteiger partial charge in [0.05, 0.1) is 0 Å². The van der Waals surface area contributed by atoms with Gasteiger partial charge in [-0.3, -0.25) is 9.69 Å². The molecular weight excluding hydrogens is 322 g/mol. The fourth-order valence-corrected chi connectivity index (χ4v) is 4.46. The first-order valence-electron chi connectivity index (χ1n) is 9.37. The molecule has 4 heteroatoms. The Morgan fingerprint density at radius 1 is 1.12 bits per heavy atom. The van der Waals surface area contributed by atoms with Gasteiger partial charge >= 0.3 is 0 Å². The van der Waals surface area contributed by atoms with Crippen LogP contribution >= 0.6 is 0 Å². The molecule has 3 aromatic rings. The summed E-state index contributed by atoms with van der Waals surface area (Å²) in [5.41, 5.74) is 4.38. The van der Waals surface area contributed by atoms with E-state index in [4.69, 9.17) is 0 Å². The summed E-state index contributed by atoms with van der Waals surface area (Å²) in [5, 5.41) is 5.33. The predicted octanol–water partition coefficient (Wildman–Crippen LogP) is 3.05. The highest BCUT2D eigenvalue weighted by Crippen LogP contribution is 2.26. The van der Waals surface area contributed by atoms with Crippen molar-refractivity contribution in [3.05, 3.63) is 70.0 Å². The lowest BCUT2D eigenvalue weighted by atomic mass is 10.0. The standard InChI is InChI=1S/C22H23N3O/c1-14-3-2-4-19-20(14)10-21(24-22(19)26)16-7-5-15(6-8-16)12-25-13-17-9-18(25)11-23-17/h2-8,10,17-18,23H,9,11-13H2,1H3,(H,24,26)/t17-,18-/m0/s1. The Labute approximate surface area is 152 Å². The van der Waals surface area contributed by atoms with Gasteiger partial charge in [0.1, 0.15) is 0 Å². The highest BCUT2D eigenvalue weighted by molar-refractivity contribution is 5.87. The molecular formula is C22H23N3O. The lowest BCUT2D eigenvalue weighted by molar-refractivity contribution is 0.218. The first-order valence-corrected chi connectivity index (χ1v) is 9.37. The van der Waals surface area contributed by atoms with Gasteiger partial charge in [-0.25, -0.2) is 0 Å². The zero-order valence-corrected chi connectivity index (χ0v) is 15.0. The maximum Gasteiger partial charge on any atom is 0.256 e. The van der Waals surface area contributed by atoms with Crippen molar-refractivity contribution in [3.63, 3.8) is 0 Å². The summed E-state index contributed by atoms with van der Waals surface area (Å²) in [5.74, 6) is 0. The number of nitrogens with one attached hydrogen (secondary N) is 2. The number of aryl methyl sites for hydroxylation is 1. The van der Waals surface area contributed by atoms with Crippen molar-refractivity contribution in [3.8, 4) is 11.3 Å². The van der Waals surface area contributed by atoms with E-state index < -0.39 is 0 Å². The molecule has 2 aliphatic rings. The summed E-state index contributed by atoms with van der Waals surface area (Å²) in [4.78, 5) is 18.0. The van der Waals surface area contributed by atoms with Crippen LogP contribution in [0, 0.1) is 6.92 Å². The van der Waals surface area contributed by atoms with Crippen molar-refractivity contribution in [1.29, 1.82) is 0 Å². The van der Waals surface area contributed by atoms with Crippen LogP contribution < -0.4 is 10.9 Å². The highest BCUT2D eigenvalue weighted by Gasteiger charge is 2.37. The van der Waals surface area contributed by atoms with Crippen LogP contribution in [0.25, 0.3) is 22.0 Å². The third kappa shape index (κ3) is 2.66. The van der Waals surface area contributed by atoms with Crippen molar-refractivity contribution in [2.24, 2.45) is 0 Å². The van der Waals surface area contributed by atoms with Gasteiger partial charge in [-0.2, -0.15) is 0 Å². The minimum absolute atomic E-state index is 0.0223. The molecule has 0 aliphatic carbocycles. The molecule has 0 unspecified atom stereocenters. The van der Waals surface area contributed by atoms with Gasteiger partial charge in [-0.1, -0.05) is 36.4 Å². The Hall–Kier alpha value is -2.43. The molecule has 2 bridgehead atoms. The van der Waals surface area contributed by atoms with E-state index in [1.54, 1.807) is 0 Å². The molecule has 2 aliphatic heterocycles. The number of aromatic amines is 1. The number of hydrogen-bond donors (Lipinski definition) is 2. The van der Waals surface area contributed by atoms with E-state index in [0.29, 0.717) is 12.1 Å². The van der Waals surface area contributed by atoms with E-state index in [9.17, 15) is 4.79 Å². The van der Waals surface area contributed by atoms with E-state index >= 15 is 0 Å². The minimum Gasteiger partial charge on any atom is -0.321 e. The summed E-state index contributed by atoms with van der Waals surface area (Å²) in [6, 6.07) is 18.0. The lowest BCUT2D eigenvalue weighted by Gasteiger charge is -2.27. The van der Waals surface area contributed by atoms with Gasteiger partial charge in [0.25, 0.3) is 5.56 Å². The molecule has 0 spiro atoms. The second-order valence-corrected chi connectivity index (χ2v) is 7.67. The van der Waals surface area contributed by atoms with Crippen LogP contribution in [0.2, 0.25) is 0 Å². The zero-order chi connectivity index (χ0) is 17.7. The summed E-state index contributed by atoms with van der Waals surface area (Å²) in [6.07, 6.45) is 1.29. The molecule has 0 amide bonds. The third-order valence-corrected chi connectivity index (χ3v) is 5.93. The molecule has 26 heavy (non-hydrogen) atoms. The molecule has 2 N–H and O–H groups in total. The number of rotatable bonds is 3. The molecule has 2 saturated heterocycles. The fraction of sp³-hybridized carbons (Fsp3) is 0.318. The smallest absolute Gasteiger partial charge is 0.256 e. The van der Waals surface area contributed by atoms with Crippen LogP contribution in [0.15, 0.2) is 53.3 Å². The van der Waals surface area contributed by atoms with E-state index in [1.807, 2.05) is 25.1 Å². The van der Waals surface area contributed by atoms with E-state index in [2.05, 4.69) is 45.5 Å². The maximum absolute atomic E-state index is 12.4. The van der Waals surface area contributed by atoms with E-state index in [0.717, 1.165) is 47.2 Å². The second kappa shape index (κ2) is 6.08. The van der Waals surface area contributed by atoms with Gasteiger partial charge in [0.15, 0.2) is 0 Å². The van der Waals surface area contributed by atoms with Gasteiger partial charge < -0.3 is 10.3 Å². The highest BCUT2D eigenvalue weighted by atomic mass is 16.1. The third-order valence-electron chi connectivity index (χ3n) is 5.93. The lowest BCUT2D eigenvalue weighted by Crippen LogP contribution is -2.42. The number of H-pyrrole nitrogens is 1. The molecule has 3 heterocycles. The Bertz CT molecular complexity index is 1020. The molecule has 132 valence electrons. The van der Waals surface area contributed by atoms with Crippen LogP contribution in [-0.2, 0) is 6.54 Å². The first kappa shape index (κ1) is 15.8. The quantitative estimate of drug-likeness (QED) is 0.767. The fourth-order valence-electron chi connectivity index (χ4n) is 4.46. The molecule has 5 rings (SSSR count). The van der Waals surface area contributed by atoms with Crippen LogP contribution in [0.3, 0.4) is 0 Å². The van der Waals surface area contributed by atoms with Crippen molar-refractivity contribution in [1.82, 2.24) is 15.2 Å². The van der Waals surface area contributed by atoms with Gasteiger partial charge in [0.2, 0.25) is 0 Å². The molecule has 0 radical (unpaired) electrons. The summed E-state index contributed by atoms with van der Waals surface area (Å²) in [7, 11) is 0. The van der Waals surface area contributed by atoms with Gasteiger partial charge in [-0.05, 0) is 47.6 Å². The zero-order valence-electron chi connectivity index (χ0n) is 15.0. The Morgan fingerprint density at radius 3 is 2.69 bits per heavy atom. The number of benzene rings is 2. The number of pyridine rings is 1. The van der Waals surface area contributed by atoms with Crippen molar-refractivity contribution >= 4 is 10.8 Å². The van der Waals surface area contributed by atoms with Crippen molar-refractivity contribution in [2.75, 3.05) is 13.1 Å². The number of aromatic nitrogens is 1. The molecule has 0 saturated carbocycles. The SMILES string of the molecule is Cc1cccc2c(=O)[nH]c(-c3ccc(CN4C[C@@H]5C[C@H]4CN5)cc3)cc12. The Kier molecular flexibility index (Phi) is 3.69. The normalized spacial score (nSPS) is 22.3. The second-order valence-electron chi connectivity index (χ2n) is 7.67. The van der Waals surface area contributed by atoms with E-state index in [-0.39, 0.29) is 5.56 Å². The number of hydrogen-bond acceptors (Lipinski definition) is 3. The number of piperazine rings is 1. The molecule has 4 nitrogen and oxygen atoms in total. The molecule has 2 aromatic carbocycles. The summed E-state index contributed by atoms with van der Waals surface area (Å²) >= 11 is 0. The van der Waals surface area contributed by atoms with Crippen molar-refractivity contribution in [2.45, 2.75) is 32.0 Å². The van der Waals surface area contributed by atoms with Crippen LogP contribution in [-0.4, -0.2) is 35.1 Å². The first-order chi connectivity index (χ1) is 12.7. The topological polar surface area (TPSA) is 48.1 Å². The van der Waals surface area contributed by atoms with Gasteiger partial charge in [-0.15, -0.1) is 0 Å². The Balaban J connectivity index is 1.43. The van der Waals surface area contributed by atoms with Crippen molar-refractivity contribution < 1.29 is 0 Å². The average molecular weight is 345 g/mol. The van der Waals surface area contributed by atoms with Crippen LogP contribution in [0.4, 0.5) is 0 Å². The van der Waals surface area contributed by atoms with E-state index in [1.165, 1.54) is 12.0 Å². The largest absolute Gasteiger partial charge is 0.321 e. The van der Waals surface area contributed by atoms with Crippen LogP contribution in [0.1, 0.15) is 17.5 Å². The molecule has 2 fully saturated rings. The van der Waals surface area contributed by atoms with Crippen LogP contribution in [0.5, 0.6) is 0 Å². The van der Waals surface area contributed by atoms with Gasteiger partial charge in [0, 0.05) is 42.8 Å². The molecule has 1 aromatic heterocycles. The number of fused-ring (bicyclic) bond motifs is 3. The summed E-state index contributed by atoms with van der Waals surface area (Å²) < 4.78 is 0. The summed E-state index contributed by atoms with van der Waals surface area (Å²) in [6.45, 7) is 5.34. The minimum atomic E-state index is -0.0223. The number of likely N-dealkylation sites (tertiary alicyclic amines) is 1. The molecule has 2 atom stereocenters. The Morgan fingerprint density at radius 2 is 1.96 bits per heavy atom. The number of nitrogens with zero attached hydrogens (tertiary/aromatic N) is 1.